The van der Waals surface area contributed by atoms with Gasteiger partial charge in [-0.15, -0.1) is 0 Å². The summed E-state index contributed by atoms with van der Waals surface area (Å²) in [7, 11) is 0. The minimum Gasteiger partial charge on any atom is -0.392 e. The van der Waals surface area contributed by atoms with Crippen molar-refractivity contribution in [3.63, 3.8) is 0 Å². The number of rotatable bonds is 8. The van der Waals surface area contributed by atoms with Gasteiger partial charge in [0.1, 0.15) is 0 Å². The Morgan fingerprint density at radius 3 is 2.61 bits per heavy atom. The Morgan fingerprint density at radius 1 is 1.22 bits per heavy atom. The van der Waals surface area contributed by atoms with Crippen LogP contribution in [0.5, 0.6) is 0 Å². The molecule has 1 aromatic carbocycles. The molecule has 2 heteroatoms. The molecule has 0 bridgehead atoms. The lowest BCUT2D eigenvalue weighted by Crippen LogP contribution is -2.32. The minimum absolute atomic E-state index is 0.189. The van der Waals surface area contributed by atoms with Crippen molar-refractivity contribution in [3.05, 3.63) is 35.4 Å². The van der Waals surface area contributed by atoms with Crippen molar-refractivity contribution in [1.82, 2.24) is 4.90 Å². The highest BCUT2D eigenvalue weighted by Crippen LogP contribution is 2.10. The third-order valence-corrected chi connectivity index (χ3v) is 3.12. The van der Waals surface area contributed by atoms with Gasteiger partial charge < -0.3 is 5.11 Å². The second kappa shape index (κ2) is 8.28. The molecule has 0 saturated heterocycles. The van der Waals surface area contributed by atoms with Gasteiger partial charge >= 0.3 is 0 Å². The van der Waals surface area contributed by atoms with Crippen molar-refractivity contribution in [2.45, 2.75) is 52.7 Å². The summed E-state index contributed by atoms with van der Waals surface area (Å²) < 4.78 is 0. The van der Waals surface area contributed by atoms with E-state index < -0.39 is 0 Å². The normalized spacial score (nSPS) is 12.9. The van der Waals surface area contributed by atoms with Crippen LogP contribution in [0.25, 0.3) is 0 Å². The summed E-state index contributed by atoms with van der Waals surface area (Å²) in [5.41, 5.74) is 2.64. The van der Waals surface area contributed by atoms with E-state index in [0.29, 0.717) is 0 Å². The Bertz CT molecular complexity index is 338. The largest absolute Gasteiger partial charge is 0.392 e. The van der Waals surface area contributed by atoms with Crippen molar-refractivity contribution in [2.24, 2.45) is 0 Å². The topological polar surface area (TPSA) is 23.5 Å². The fraction of sp³-hybridized carbons (Fsp3) is 0.625. The Kier molecular flexibility index (Phi) is 6.99. The van der Waals surface area contributed by atoms with Gasteiger partial charge in [-0.3, -0.25) is 4.90 Å². The molecule has 0 spiro atoms. The molecular formula is C16H27NO. The maximum absolute atomic E-state index is 9.94. The molecular weight excluding hydrogens is 222 g/mol. The molecule has 0 radical (unpaired) electrons. The molecule has 0 amide bonds. The third-order valence-electron chi connectivity index (χ3n) is 3.12. The van der Waals surface area contributed by atoms with Gasteiger partial charge in [-0.2, -0.15) is 0 Å². The zero-order chi connectivity index (χ0) is 13.4. The first-order valence-electron chi connectivity index (χ1n) is 7.11. The minimum atomic E-state index is -0.189. The standard InChI is InChI=1S/C16H27NO/c1-4-7-16(18)13-17(10-5-2)12-15-9-6-8-14(3)11-15/h6,8-9,11,16,18H,4-5,7,10,12-13H2,1-3H3/t16-/m0/s1. The highest BCUT2D eigenvalue weighted by molar-refractivity contribution is 5.22. The van der Waals surface area contributed by atoms with Crippen molar-refractivity contribution >= 4 is 0 Å². The summed E-state index contributed by atoms with van der Waals surface area (Å²) in [6.45, 7) is 9.21. The van der Waals surface area contributed by atoms with Gasteiger partial charge in [0.05, 0.1) is 6.10 Å². The Hall–Kier alpha value is -0.860. The summed E-state index contributed by atoms with van der Waals surface area (Å²) >= 11 is 0. The van der Waals surface area contributed by atoms with Crippen LogP contribution in [0.2, 0.25) is 0 Å². The van der Waals surface area contributed by atoms with Crippen LogP contribution in [0.3, 0.4) is 0 Å². The molecule has 0 fully saturated rings. The molecule has 0 heterocycles. The highest BCUT2D eigenvalue weighted by atomic mass is 16.3. The van der Waals surface area contributed by atoms with E-state index in [1.165, 1.54) is 11.1 Å². The van der Waals surface area contributed by atoms with Gasteiger partial charge in [0.25, 0.3) is 0 Å². The van der Waals surface area contributed by atoms with E-state index >= 15 is 0 Å². The van der Waals surface area contributed by atoms with Gasteiger partial charge in [0.15, 0.2) is 0 Å². The number of nitrogens with zero attached hydrogens (tertiary/aromatic N) is 1. The van der Waals surface area contributed by atoms with E-state index in [0.717, 1.165) is 38.9 Å². The van der Waals surface area contributed by atoms with E-state index in [1.807, 2.05) is 0 Å². The Balaban J connectivity index is 2.56. The van der Waals surface area contributed by atoms with Crippen molar-refractivity contribution < 1.29 is 5.11 Å². The molecule has 2 nitrogen and oxygen atoms in total. The van der Waals surface area contributed by atoms with Gasteiger partial charge in [0, 0.05) is 13.1 Å². The fourth-order valence-electron chi connectivity index (χ4n) is 2.34. The Morgan fingerprint density at radius 2 is 2.00 bits per heavy atom. The molecule has 102 valence electrons. The van der Waals surface area contributed by atoms with Crippen LogP contribution in [-0.2, 0) is 6.54 Å². The van der Waals surface area contributed by atoms with Crippen LogP contribution >= 0.6 is 0 Å². The zero-order valence-corrected chi connectivity index (χ0v) is 12.0. The smallest absolute Gasteiger partial charge is 0.0667 e. The summed E-state index contributed by atoms with van der Waals surface area (Å²) in [6, 6.07) is 8.63. The SMILES string of the molecule is CCC[C@H](O)CN(CCC)Cc1cccc(C)c1. The van der Waals surface area contributed by atoms with Crippen LogP contribution in [0, 0.1) is 6.92 Å². The van der Waals surface area contributed by atoms with Gasteiger partial charge in [0.2, 0.25) is 0 Å². The molecule has 0 unspecified atom stereocenters. The summed E-state index contributed by atoms with van der Waals surface area (Å²) in [6.07, 6.45) is 2.89. The molecule has 1 atom stereocenters. The molecule has 1 aromatic rings. The van der Waals surface area contributed by atoms with Gasteiger partial charge in [-0.25, -0.2) is 0 Å². The second-order valence-corrected chi connectivity index (χ2v) is 5.17. The van der Waals surface area contributed by atoms with E-state index in [2.05, 4.69) is 49.9 Å². The van der Waals surface area contributed by atoms with E-state index in [4.69, 9.17) is 0 Å². The quantitative estimate of drug-likeness (QED) is 0.763. The zero-order valence-electron chi connectivity index (χ0n) is 12.0. The second-order valence-electron chi connectivity index (χ2n) is 5.17. The Labute approximate surface area is 112 Å². The lowest BCUT2D eigenvalue weighted by atomic mass is 10.1. The number of hydrogen-bond acceptors (Lipinski definition) is 2. The van der Waals surface area contributed by atoms with Crippen LogP contribution in [-0.4, -0.2) is 29.2 Å². The number of aryl methyl sites for hydroxylation is 1. The first-order chi connectivity index (χ1) is 8.65. The molecule has 1 rings (SSSR count). The summed E-state index contributed by atoms with van der Waals surface area (Å²) in [5, 5.41) is 9.94. The predicted molar refractivity (Wildman–Crippen MR) is 77.7 cm³/mol. The van der Waals surface area contributed by atoms with Crippen LogP contribution < -0.4 is 0 Å². The highest BCUT2D eigenvalue weighted by Gasteiger charge is 2.10. The number of hydrogen-bond donors (Lipinski definition) is 1. The number of aliphatic hydroxyl groups excluding tert-OH is 1. The third kappa shape index (κ3) is 5.65. The van der Waals surface area contributed by atoms with E-state index in [9.17, 15) is 5.11 Å². The average molecular weight is 249 g/mol. The molecule has 0 aliphatic rings. The number of aliphatic hydroxyl groups is 1. The van der Waals surface area contributed by atoms with Crippen LogP contribution in [0.1, 0.15) is 44.2 Å². The van der Waals surface area contributed by atoms with Crippen LogP contribution in [0.4, 0.5) is 0 Å². The van der Waals surface area contributed by atoms with E-state index in [1.54, 1.807) is 0 Å². The first-order valence-corrected chi connectivity index (χ1v) is 7.11. The molecule has 0 aliphatic heterocycles. The van der Waals surface area contributed by atoms with Crippen LogP contribution in [0.15, 0.2) is 24.3 Å². The monoisotopic (exact) mass is 249 g/mol. The fourth-order valence-corrected chi connectivity index (χ4v) is 2.34. The maximum atomic E-state index is 9.94. The first kappa shape index (κ1) is 15.2. The summed E-state index contributed by atoms with van der Waals surface area (Å²) in [5.74, 6) is 0. The van der Waals surface area contributed by atoms with Crippen molar-refractivity contribution in [1.29, 1.82) is 0 Å². The predicted octanol–water partition coefficient (Wildman–Crippen LogP) is 3.37. The molecule has 0 aliphatic carbocycles. The average Bonchev–Trinajstić information content (AvgIpc) is 2.29. The molecule has 1 N–H and O–H groups in total. The molecule has 0 aromatic heterocycles. The number of benzene rings is 1. The molecule has 0 saturated carbocycles. The van der Waals surface area contributed by atoms with Crippen molar-refractivity contribution in [2.75, 3.05) is 13.1 Å². The lowest BCUT2D eigenvalue weighted by molar-refractivity contribution is 0.101. The van der Waals surface area contributed by atoms with Gasteiger partial charge in [-0.05, 0) is 31.9 Å². The molecule has 18 heavy (non-hydrogen) atoms. The van der Waals surface area contributed by atoms with Gasteiger partial charge in [-0.1, -0.05) is 50.1 Å². The lowest BCUT2D eigenvalue weighted by Gasteiger charge is -2.24. The van der Waals surface area contributed by atoms with Crippen molar-refractivity contribution in [3.8, 4) is 0 Å². The maximum Gasteiger partial charge on any atom is 0.0667 e. The summed E-state index contributed by atoms with van der Waals surface area (Å²) in [4.78, 5) is 2.36. The van der Waals surface area contributed by atoms with E-state index in [-0.39, 0.29) is 6.10 Å².